The zero-order chi connectivity index (χ0) is 21.7. The van der Waals surface area contributed by atoms with Crippen molar-refractivity contribution in [2.45, 2.75) is 40.7 Å². The molecule has 6 nitrogen and oxygen atoms in total. The summed E-state index contributed by atoms with van der Waals surface area (Å²) in [4.78, 5) is 22.2. The monoisotopic (exact) mass is 384 g/mol. The van der Waals surface area contributed by atoms with Crippen LogP contribution in [0.2, 0.25) is 0 Å². The van der Waals surface area contributed by atoms with Crippen LogP contribution in [0.3, 0.4) is 0 Å². The molecule has 0 radical (unpaired) electrons. The average Bonchev–Trinajstić information content (AvgIpc) is 2.59. The normalized spacial score (nSPS) is 9.96. The van der Waals surface area contributed by atoms with Crippen molar-refractivity contribution < 1.29 is 28.5 Å². The summed E-state index contributed by atoms with van der Waals surface area (Å²) in [5.74, 6) is -0.857. The molecular weight excluding hydrogens is 348 g/mol. The fraction of sp³-hybridized carbons (Fsp3) is 0.524. The summed E-state index contributed by atoms with van der Waals surface area (Å²) in [7, 11) is 0. The largest absolute Gasteiger partial charge is 0.460 e. The fourth-order valence-electron chi connectivity index (χ4n) is 1.12. The zero-order valence-corrected chi connectivity index (χ0v) is 17.5. The maximum Gasteiger partial charge on any atom is 0.333 e. The molecule has 0 spiro atoms. The standard InChI is InChI=1S/C15H24O6.2C3H6/c1-11(2)14(16)20-7-6-18-10-13(5)19-8-9-21-15(17)12(3)4;2*1-3-2/h13H,1,3,6-10H2,2,4-5H3;2*3H,1H2,2H3. The van der Waals surface area contributed by atoms with Gasteiger partial charge >= 0.3 is 11.9 Å². The molecule has 1 unspecified atom stereocenters. The van der Waals surface area contributed by atoms with Crippen molar-refractivity contribution in [2.75, 3.05) is 33.0 Å². The van der Waals surface area contributed by atoms with E-state index in [0.29, 0.717) is 17.8 Å². The molecule has 0 aliphatic carbocycles. The molecule has 0 aliphatic rings. The highest BCUT2D eigenvalue weighted by molar-refractivity contribution is 5.87. The molecule has 0 aliphatic heterocycles. The van der Waals surface area contributed by atoms with Gasteiger partial charge < -0.3 is 18.9 Å². The molecule has 0 saturated heterocycles. The van der Waals surface area contributed by atoms with Gasteiger partial charge in [0.05, 0.1) is 25.9 Å². The number of allylic oxidation sites excluding steroid dienone is 2. The van der Waals surface area contributed by atoms with Crippen molar-refractivity contribution in [3.8, 4) is 0 Å². The second-order valence-corrected chi connectivity index (χ2v) is 5.41. The number of esters is 2. The van der Waals surface area contributed by atoms with Crippen LogP contribution in [0.1, 0.15) is 34.6 Å². The lowest BCUT2D eigenvalue weighted by molar-refractivity contribution is -0.143. The summed E-state index contributed by atoms with van der Waals surface area (Å²) in [6.45, 7) is 23.7. The van der Waals surface area contributed by atoms with Crippen LogP contribution in [-0.4, -0.2) is 51.1 Å². The zero-order valence-electron chi connectivity index (χ0n) is 17.5. The third-order valence-corrected chi connectivity index (χ3v) is 2.23. The number of carbonyl (C=O) groups excluding carboxylic acids is 2. The second-order valence-electron chi connectivity index (χ2n) is 5.41. The first-order valence-corrected chi connectivity index (χ1v) is 8.66. The van der Waals surface area contributed by atoms with Gasteiger partial charge in [0, 0.05) is 11.1 Å². The fourth-order valence-corrected chi connectivity index (χ4v) is 1.12. The molecule has 1 atom stereocenters. The van der Waals surface area contributed by atoms with Crippen LogP contribution >= 0.6 is 0 Å². The summed E-state index contributed by atoms with van der Waals surface area (Å²) in [5.41, 5.74) is 0.715. The van der Waals surface area contributed by atoms with E-state index in [9.17, 15) is 9.59 Å². The van der Waals surface area contributed by atoms with E-state index in [1.165, 1.54) is 0 Å². The van der Waals surface area contributed by atoms with Crippen LogP contribution in [0.25, 0.3) is 0 Å². The van der Waals surface area contributed by atoms with Crippen molar-refractivity contribution in [2.24, 2.45) is 0 Å². The van der Waals surface area contributed by atoms with Crippen molar-refractivity contribution in [1.82, 2.24) is 0 Å². The van der Waals surface area contributed by atoms with Crippen LogP contribution < -0.4 is 0 Å². The molecule has 0 aromatic rings. The molecule has 0 bridgehead atoms. The van der Waals surface area contributed by atoms with Crippen LogP contribution in [-0.2, 0) is 28.5 Å². The molecule has 156 valence electrons. The third-order valence-electron chi connectivity index (χ3n) is 2.23. The highest BCUT2D eigenvalue weighted by atomic mass is 16.6. The highest BCUT2D eigenvalue weighted by Gasteiger charge is 2.06. The molecule has 0 fully saturated rings. The molecule has 0 rings (SSSR count). The number of carbonyl (C=O) groups is 2. The average molecular weight is 385 g/mol. The molecular formula is C21H36O6. The van der Waals surface area contributed by atoms with Crippen LogP contribution in [0.5, 0.6) is 0 Å². The minimum absolute atomic E-state index is 0.148. The molecule has 27 heavy (non-hydrogen) atoms. The smallest absolute Gasteiger partial charge is 0.333 e. The second kappa shape index (κ2) is 21.9. The quantitative estimate of drug-likeness (QED) is 0.232. The Balaban J connectivity index is -0.000000840. The Morgan fingerprint density at radius 2 is 1.22 bits per heavy atom. The van der Waals surface area contributed by atoms with Gasteiger partial charge in [-0.05, 0) is 34.6 Å². The van der Waals surface area contributed by atoms with E-state index < -0.39 is 11.9 Å². The van der Waals surface area contributed by atoms with E-state index >= 15 is 0 Å². The van der Waals surface area contributed by atoms with Gasteiger partial charge in [0.15, 0.2) is 0 Å². The summed E-state index contributed by atoms with van der Waals surface area (Å²) in [6, 6.07) is 0. The van der Waals surface area contributed by atoms with E-state index in [-0.39, 0.29) is 32.5 Å². The Bertz CT molecular complexity index is 448. The Morgan fingerprint density at radius 1 is 0.852 bits per heavy atom. The molecule has 0 N–H and O–H groups in total. The maximum atomic E-state index is 11.1. The van der Waals surface area contributed by atoms with Crippen LogP contribution in [0.4, 0.5) is 0 Å². The summed E-state index contributed by atoms with van der Waals surface area (Å²) < 4.78 is 20.4. The lowest BCUT2D eigenvalue weighted by Crippen LogP contribution is -2.21. The lowest BCUT2D eigenvalue weighted by atomic mass is 10.4. The van der Waals surface area contributed by atoms with Crippen molar-refractivity contribution in [1.29, 1.82) is 0 Å². The van der Waals surface area contributed by atoms with Gasteiger partial charge in [0.25, 0.3) is 0 Å². The van der Waals surface area contributed by atoms with E-state index in [2.05, 4.69) is 26.3 Å². The summed E-state index contributed by atoms with van der Waals surface area (Å²) in [5, 5.41) is 0. The van der Waals surface area contributed by atoms with Gasteiger partial charge in [-0.2, -0.15) is 0 Å². The first-order valence-electron chi connectivity index (χ1n) is 8.66. The minimum atomic E-state index is -0.429. The molecule has 0 aromatic carbocycles. The number of ether oxygens (including phenoxy) is 4. The predicted octanol–water partition coefficient (Wildman–Crippen LogP) is 4.03. The van der Waals surface area contributed by atoms with Gasteiger partial charge in [-0.15, -0.1) is 13.2 Å². The Kier molecular flexibility index (Phi) is 23.9. The van der Waals surface area contributed by atoms with Crippen molar-refractivity contribution in [3.05, 3.63) is 49.6 Å². The van der Waals surface area contributed by atoms with Gasteiger partial charge in [-0.25, -0.2) is 9.59 Å². The predicted molar refractivity (Wildman–Crippen MR) is 110 cm³/mol. The topological polar surface area (TPSA) is 71.1 Å². The maximum absolute atomic E-state index is 11.1. The van der Waals surface area contributed by atoms with Crippen molar-refractivity contribution in [3.63, 3.8) is 0 Å². The van der Waals surface area contributed by atoms with Crippen LogP contribution in [0.15, 0.2) is 49.6 Å². The molecule has 0 heterocycles. The minimum Gasteiger partial charge on any atom is -0.460 e. The number of hydrogen-bond donors (Lipinski definition) is 0. The molecule has 6 heteroatoms. The lowest BCUT2D eigenvalue weighted by Gasteiger charge is -2.13. The van der Waals surface area contributed by atoms with E-state index in [1.807, 2.05) is 20.8 Å². The molecule has 0 aromatic heterocycles. The van der Waals surface area contributed by atoms with E-state index in [4.69, 9.17) is 18.9 Å². The Hall–Kier alpha value is -2.18. The molecule has 0 saturated carbocycles. The first kappa shape index (κ1) is 29.6. The summed E-state index contributed by atoms with van der Waals surface area (Å²) in [6.07, 6.45) is 3.35. The highest BCUT2D eigenvalue weighted by Crippen LogP contribution is 1.96. The third kappa shape index (κ3) is 26.2. The van der Waals surface area contributed by atoms with E-state index in [0.717, 1.165) is 0 Å². The first-order chi connectivity index (χ1) is 12.7. The number of hydrogen-bond acceptors (Lipinski definition) is 6. The van der Waals surface area contributed by atoms with Crippen LogP contribution in [0, 0.1) is 0 Å². The van der Waals surface area contributed by atoms with Gasteiger partial charge in [-0.1, -0.05) is 25.3 Å². The van der Waals surface area contributed by atoms with Crippen molar-refractivity contribution >= 4 is 11.9 Å². The SMILES string of the molecule is C=C(C)C(=O)OCCOCC(C)OCCOC(=O)C(=C)C.C=CC.C=CC. The van der Waals surface area contributed by atoms with Gasteiger partial charge in [0.2, 0.25) is 0 Å². The Morgan fingerprint density at radius 3 is 1.59 bits per heavy atom. The van der Waals surface area contributed by atoms with Gasteiger partial charge in [0.1, 0.15) is 13.2 Å². The summed E-state index contributed by atoms with van der Waals surface area (Å²) >= 11 is 0. The Labute approximate surface area is 164 Å². The molecule has 0 amide bonds. The number of rotatable bonds is 11. The van der Waals surface area contributed by atoms with E-state index in [1.54, 1.807) is 26.0 Å². The van der Waals surface area contributed by atoms with Gasteiger partial charge in [-0.3, -0.25) is 0 Å².